The number of aliphatic hydroxyl groups is 1. The third kappa shape index (κ3) is 8.19. The maximum atomic E-state index is 11.8. The molecule has 37 heavy (non-hydrogen) atoms. The molecule has 0 atom stereocenters. The molecule has 2 N–H and O–H groups in total. The molecule has 0 spiro atoms. The second kappa shape index (κ2) is 11.8. The maximum Gasteiger partial charge on any atom is 0.307 e. The lowest BCUT2D eigenvalue weighted by atomic mass is 9.82. The van der Waals surface area contributed by atoms with Crippen LogP contribution < -0.4 is 9.80 Å². The Morgan fingerprint density at radius 3 is 1.97 bits per heavy atom. The minimum atomic E-state index is -0.802. The number of carbonyl (C=O) groups is 1. The van der Waals surface area contributed by atoms with Crippen LogP contribution in [-0.4, -0.2) is 52.9 Å². The van der Waals surface area contributed by atoms with E-state index in [1.807, 2.05) is 6.92 Å². The van der Waals surface area contributed by atoms with Crippen LogP contribution in [0.5, 0.6) is 0 Å². The van der Waals surface area contributed by atoms with E-state index in [1.165, 1.54) is 24.9 Å². The number of benzene rings is 1. The Morgan fingerprint density at radius 2 is 1.46 bits per heavy atom. The number of hydrogen-bond acceptors (Lipinski definition) is 5. The summed E-state index contributed by atoms with van der Waals surface area (Å²) >= 11 is 0. The Hall–Kier alpha value is -2.60. The summed E-state index contributed by atoms with van der Waals surface area (Å²) in [5.74, 6) is -0.802. The molecule has 2 aliphatic rings. The Bertz CT molecular complexity index is 1050. The normalized spacial score (nSPS) is 17.7. The zero-order valence-electron chi connectivity index (χ0n) is 24.0. The van der Waals surface area contributed by atoms with Crippen LogP contribution in [0.25, 0.3) is 11.1 Å². The van der Waals surface area contributed by atoms with Crippen LogP contribution in [-0.2, 0) is 11.2 Å². The van der Waals surface area contributed by atoms with Gasteiger partial charge in [0.25, 0.3) is 0 Å². The van der Waals surface area contributed by atoms with Crippen molar-refractivity contribution in [2.45, 2.75) is 92.6 Å². The number of aryl methyl sites for hydroxylation is 2. The van der Waals surface area contributed by atoms with E-state index in [2.05, 4.69) is 54.8 Å². The monoisotopic (exact) mass is 509 g/mol. The van der Waals surface area contributed by atoms with Crippen LogP contribution in [0.15, 0.2) is 24.3 Å². The molecule has 0 amide bonds. The molecule has 3 heterocycles. The minimum absolute atomic E-state index is 0.00714. The second-order valence-electron chi connectivity index (χ2n) is 12.5. The average Bonchev–Trinajstić information content (AvgIpc) is 2.80. The van der Waals surface area contributed by atoms with Crippen molar-refractivity contribution in [2.75, 3.05) is 36.0 Å². The van der Waals surface area contributed by atoms with Gasteiger partial charge in [-0.3, -0.25) is 9.78 Å². The first-order valence-corrected chi connectivity index (χ1v) is 13.8. The molecule has 2 aliphatic heterocycles. The summed E-state index contributed by atoms with van der Waals surface area (Å²) in [6.45, 7) is 18.0. The van der Waals surface area contributed by atoms with E-state index in [1.54, 1.807) is 20.8 Å². The number of aromatic nitrogens is 1. The van der Waals surface area contributed by atoms with Crippen molar-refractivity contribution in [3.8, 4) is 11.1 Å². The van der Waals surface area contributed by atoms with Crippen LogP contribution in [0.4, 0.5) is 11.4 Å². The van der Waals surface area contributed by atoms with Crippen molar-refractivity contribution in [3.05, 3.63) is 41.2 Å². The number of hydrogen-bond donors (Lipinski definition) is 2. The molecule has 0 saturated carbocycles. The Morgan fingerprint density at radius 1 is 0.919 bits per heavy atom. The van der Waals surface area contributed by atoms with Gasteiger partial charge in [-0.05, 0) is 89.8 Å². The van der Waals surface area contributed by atoms with Crippen LogP contribution in [0, 0.1) is 19.3 Å². The molecule has 0 unspecified atom stereocenters. The number of anilines is 2. The van der Waals surface area contributed by atoms with E-state index >= 15 is 0 Å². The molecule has 6 heteroatoms. The topological polar surface area (TPSA) is 76.9 Å². The number of pyridine rings is 1. The molecule has 2 fully saturated rings. The van der Waals surface area contributed by atoms with Gasteiger partial charge in [0.2, 0.25) is 0 Å². The standard InChI is InChI=1S/C27H37N3O2.C4H10O/c1-19-23(18-24(31)32)26(30-16-12-27(3,4)13-17-30)25(20(2)28-19)21-8-10-22(11-9-21)29-14-6-5-7-15-29;1-4(2,3)5/h8-11H,5-7,12-18H2,1-4H3,(H,31,32);5H,1-3H3. The molecule has 1 aromatic heterocycles. The molecule has 2 saturated heterocycles. The Labute approximate surface area is 223 Å². The van der Waals surface area contributed by atoms with Gasteiger partial charge in [0.1, 0.15) is 0 Å². The fourth-order valence-corrected chi connectivity index (χ4v) is 5.25. The first-order chi connectivity index (χ1) is 17.2. The average molecular weight is 510 g/mol. The number of carboxylic acid groups (broad SMARTS) is 1. The summed E-state index contributed by atoms with van der Waals surface area (Å²) in [5.41, 5.74) is 7.07. The number of aliphatic carboxylic acids is 1. The molecule has 6 nitrogen and oxygen atoms in total. The number of piperidine rings is 2. The quantitative estimate of drug-likeness (QED) is 0.487. The summed E-state index contributed by atoms with van der Waals surface area (Å²) < 4.78 is 0. The van der Waals surface area contributed by atoms with Crippen molar-refractivity contribution in [1.82, 2.24) is 4.98 Å². The number of rotatable bonds is 5. The predicted octanol–water partition coefficient (Wildman–Crippen LogP) is 6.39. The Balaban J connectivity index is 0.000000695. The van der Waals surface area contributed by atoms with Gasteiger partial charge in [0.05, 0.1) is 17.7 Å². The lowest BCUT2D eigenvalue weighted by molar-refractivity contribution is -0.136. The molecule has 1 aromatic carbocycles. The van der Waals surface area contributed by atoms with Gasteiger partial charge in [-0.25, -0.2) is 0 Å². The fraction of sp³-hybridized carbons (Fsp3) is 0.613. The van der Waals surface area contributed by atoms with Gasteiger partial charge in [-0.1, -0.05) is 26.0 Å². The highest BCUT2D eigenvalue weighted by atomic mass is 16.4. The van der Waals surface area contributed by atoms with Crippen molar-refractivity contribution >= 4 is 17.3 Å². The van der Waals surface area contributed by atoms with Crippen LogP contribution in [0.1, 0.15) is 83.7 Å². The molecule has 2 aromatic rings. The van der Waals surface area contributed by atoms with Crippen LogP contribution in [0.3, 0.4) is 0 Å². The van der Waals surface area contributed by atoms with E-state index in [0.717, 1.165) is 72.8 Å². The SMILES string of the molecule is CC(C)(C)O.Cc1nc(C)c(-c2ccc(N3CCCCC3)cc2)c(N2CCC(C)(C)CC2)c1CC(=O)O. The number of carboxylic acids is 1. The van der Waals surface area contributed by atoms with E-state index in [-0.39, 0.29) is 6.42 Å². The summed E-state index contributed by atoms with van der Waals surface area (Å²) in [6, 6.07) is 8.84. The van der Waals surface area contributed by atoms with Gasteiger partial charge >= 0.3 is 5.97 Å². The predicted molar refractivity (Wildman–Crippen MR) is 154 cm³/mol. The largest absolute Gasteiger partial charge is 0.481 e. The summed E-state index contributed by atoms with van der Waals surface area (Å²) in [5, 5.41) is 18.2. The third-order valence-corrected chi connectivity index (χ3v) is 7.30. The van der Waals surface area contributed by atoms with Gasteiger partial charge in [0.15, 0.2) is 0 Å². The zero-order chi connectivity index (χ0) is 27.4. The zero-order valence-corrected chi connectivity index (χ0v) is 24.0. The first kappa shape index (κ1) is 29.0. The highest BCUT2D eigenvalue weighted by molar-refractivity contribution is 5.86. The lowest BCUT2D eigenvalue weighted by Crippen LogP contribution is -2.38. The third-order valence-electron chi connectivity index (χ3n) is 7.30. The number of nitrogens with zero attached hydrogens (tertiary/aromatic N) is 3. The minimum Gasteiger partial charge on any atom is -0.481 e. The van der Waals surface area contributed by atoms with Gasteiger partial charge in [-0.2, -0.15) is 0 Å². The molecule has 0 bridgehead atoms. The van der Waals surface area contributed by atoms with Gasteiger partial charge in [0, 0.05) is 54.4 Å². The van der Waals surface area contributed by atoms with Crippen LogP contribution >= 0.6 is 0 Å². The van der Waals surface area contributed by atoms with Crippen molar-refractivity contribution in [3.63, 3.8) is 0 Å². The van der Waals surface area contributed by atoms with Crippen molar-refractivity contribution in [1.29, 1.82) is 0 Å². The Kier molecular flexibility index (Phi) is 9.27. The lowest BCUT2D eigenvalue weighted by Gasteiger charge is -2.40. The van der Waals surface area contributed by atoms with E-state index in [9.17, 15) is 9.90 Å². The summed E-state index contributed by atoms with van der Waals surface area (Å²) in [7, 11) is 0. The smallest absolute Gasteiger partial charge is 0.307 e. The highest BCUT2D eigenvalue weighted by Crippen LogP contribution is 2.41. The molecular weight excluding hydrogens is 462 g/mol. The summed E-state index contributed by atoms with van der Waals surface area (Å²) in [4.78, 5) is 21.4. The maximum absolute atomic E-state index is 11.8. The van der Waals surface area contributed by atoms with Crippen molar-refractivity contribution in [2.24, 2.45) is 5.41 Å². The summed E-state index contributed by atoms with van der Waals surface area (Å²) in [6.07, 6.45) is 6.06. The fourth-order valence-electron chi connectivity index (χ4n) is 5.25. The van der Waals surface area contributed by atoms with E-state index in [4.69, 9.17) is 10.1 Å². The highest BCUT2D eigenvalue weighted by Gasteiger charge is 2.30. The molecule has 0 aliphatic carbocycles. The molecular formula is C31H47N3O3. The molecule has 4 rings (SSSR count). The van der Waals surface area contributed by atoms with Crippen molar-refractivity contribution < 1.29 is 15.0 Å². The molecule has 0 radical (unpaired) electrons. The van der Waals surface area contributed by atoms with Gasteiger partial charge in [-0.15, -0.1) is 0 Å². The molecule has 204 valence electrons. The van der Waals surface area contributed by atoms with E-state index in [0.29, 0.717) is 5.41 Å². The first-order valence-electron chi connectivity index (χ1n) is 13.8. The van der Waals surface area contributed by atoms with E-state index < -0.39 is 11.6 Å². The second-order valence-corrected chi connectivity index (χ2v) is 12.5. The van der Waals surface area contributed by atoms with Gasteiger partial charge < -0.3 is 20.0 Å². The van der Waals surface area contributed by atoms with Crippen LogP contribution in [0.2, 0.25) is 0 Å².